The molecule has 23 heavy (non-hydrogen) atoms. The van der Waals surface area contributed by atoms with Gasteiger partial charge in [0, 0.05) is 0 Å². The number of hydrogen-bond acceptors (Lipinski definition) is 5. The molecule has 0 aromatic rings. The van der Waals surface area contributed by atoms with Gasteiger partial charge in [-0.3, -0.25) is 0 Å². The second-order valence-corrected chi connectivity index (χ2v) is 6.01. The lowest BCUT2D eigenvalue weighted by Gasteiger charge is -2.18. The van der Waals surface area contributed by atoms with Crippen LogP contribution >= 0.6 is 0 Å². The molecule has 0 unspecified atom stereocenters. The summed E-state index contributed by atoms with van der Waals surface area (Å²) in [6.07, 6.45) is -2.16. The smallest absolute Gasteiger partial charge is 0.416 e. The molecule has 9 nitrogen and oxygen atoms in total. The van der Waals surface area contributed by atoms with Crippen molar-refractivity contribution in [2.45, 2.75) is 52.6 Å². The third-order valence-corrected chi connectivity index (χ3v) is 2.78. The zero-order valence-electron chi connectivity index (χ0n) is 13.7. The van der Waals surface area contributed by atoms with E-state index < -0.39 is 36.2 Å². The summed E-state index contributed by atoms with van der Waals surface area (Å²) >= 11 is 0. The van der Waals surface area contributed by atoms with Crippen molar-refractivity contribution in [2.24, 2.45) is 11.8 Å². The van der Waals surface area contributed by atoms with E-state index in [1.54, 1.807) is 27.7 Å². The molecule has 0 heterocycles. The molecule has 0 saturated heterocycles. The average molecular weight is 332 g/mol. The Labute approximate surface area is 134 Å². The molecule has 0 fully saturated rings. The normalized spacial score (nSPS) is 13.3. The van der Waals surface area contributed by atoms with Gasteiger partial charge in [0.05, 0.1) is 0 Å². The topological polar surface area (TPSA) is 142 Å². The van der Waals surface area contributed by atoms with E-state index in [1.165, 1.54) is 0 Å². The first kappa shape index (κ1) is 20.7. The van der Waals surface area contributed by atoms with Crippen LogP contribution < -0.4 is 10.6 Å². The molecule has 0 radical (unpaired) electrons. The maximum absolute atomic E-state index is 11.5. The van der Waals surface area contributed by atoms with Gasteiger partial charge < -0.3 is 25.6 Å². The number of rotatable bonds is 8. The second kappa shape index (κ2) is 9.65. The van der Waals surface area contributed by atoms with Gasteiger partial charge in [-0.2, -0.15) is 0 Å². The Balaban J connectivity index is 4.55. The van der Waals surface area contributed by atoms with Gasteiger partial charge in [-0.25, -0.2) is 19.2 Å². The largest absolute Gasteiger partial charge is 0.480 e. The number of hydrogen-bond donors (Lipinski definition) is 4. The lowest BCUT2D eigenvalue weighted by atomic mass is 10.0. The van der Waals surface area contributed by atoms with Crippen molar-refractivity contribution >= 4 is 24.1 Å². The molecular weight excluding hydrogens is 308 g/mol. The number of carbonyl (C=O) groups excluding carboxylic acids is 2. The fraction of sp³-hybridized carbons (Fsp3) is 0.714. The summed E-state index contributed by atoms with van der Waals surface area (Å²) in [4.78, 5) is 45.0. The van der Waals surface area contributed by atoms with Gasteiger partial charge >= 0.3 is 24.1 Å². The first-order chi connectivity index (χ1) is 10.5. The summed E-state index contributed by atoms with van der Waals surface area (Å²) in [7, 11) is 0. The van der Waals surface area contributed by atoms with Gasteiger partial charge in [0.25, 0.3) is 0 Å². The molecule has 0 spiro atoms. The van der Waals surface area contributed by atoms with Crippen LogP contribution in [-0.2, 0) is 14.3 Å². The molecule has 2 amide bonds. The predicted molar refractivity (Wildman–Crippen MR) is 79.9 cm³/mol. The molecule has 132 valence electrons. The van der Waals surface area contributed by atoms with E-state index in [4.69, 9.17) is 10.2 Å². The first-order valence-electron chi connectivity index (χ1n) is 7.27. The number of nitrogens with one attached hydrogen (secondary N) is 2. The Kier molecular flexibility index (Phi) is 8.67. The van der Waals surface area contributed by atoms with Crippen molar-refractivity contribution < 1.29 is 34.1 Å². The van der Waals surface area contributed by atoms with Gasteiger partial charge in [0.15, 0.2) is 0 Å². The Morgan fingerprint density at radius 3 is 1.30 bits per heavy atom. The number of carbonyl (C=O) groups is 4. The van der Waals surface area contributed by atoms with E-state index in [-0.39, 0.29) is 24.7 Å². The summed E-state index contributed by atoms with van der Waals surface area (Å²) in [5.74, 6) is -2.49. The van der Waals surface area contributed by atoms with Crippen LogP contribution in [0, 0.1) is 11.8 Å². The van der Waals surface area contributed by atoms with Crippen molar-refractivity contribution in [1.29, 1.82) is 0 Å². The summed E-state index contributed by atoms with van der Waals surface area (Å²) in [5.41, 5.74) is 0. The van der Waals surface area contributed by atoms with Crippen LogP contribution in [0.25, 0.3) is 0 Å². The standard InChI is InChI=1S/C14H24N2O7/c1-7(2)5-9(11(17)18)15-13(21)23-14(22)16-10(12(19)20)6-8(3)4/h7-10H,5-6H2,1-4H3,(H,15,21)(H,16,22)(H,17,18)(H,19,20)/t9-,10-/m0/s1. The van der Waals surface area contributed by atoms with Crippen molar-refractivity contribution in [1.82, 2.24) is 10.6 Å². The number of ether oxygens (including phenoxy) is 1. The van der Waals surface area contributed by atoms with Crippen molar-refractivity contribution in [3.63, 3.8) is 0 Å². The molecule has 9 heteroatoms. The first-order valence-corrected chi connectivity index (χ1v) is 7.27. The van der Waals surface area contributed by atoms with Gasteiger partial charge in [-0.1, -0.05) is 27.7 Å². The van der Waals surface area contributed by atoms with E-state index in [1.807, 2.05) is 0 Å². The van der Waals surface area contributed by atoms with Gasteiger partial charge in [-0.05, 0) is 24.7 Å². The number of amides is 2. The highest BCUT2D eigenvalue weighted by molar-refractivity contribution is 5.88. The zero-order chi connectivity index (χ0) is 18.2. The van der Waals surface area contributed by atoms with Crippen LogP contribution in [-0.4, -0.2) is 46.4 Å². The SMILES string of the molecule is CC(C)C[C@H](NC(=O)OC(=O)N[C@@H](CC(C)C)C(=O)O)C(=O)O. The number of carboxylic acids is 2. The Bertz CT molecular complexity index is 408. The lowest BCUT2D eigenvalue weighted by Crippen LogP contribution is -2.46. The van der Waals surface area contributed by atoms with Crippen LogP contribution in [0.4, 0.5) is 9.59 Å². The van der Waals surface area contributed by atoms with Gasteiger partial charge in [-0.15, -0.1) is 0 Å². The lowest BCUT2D eigenvalue weighted by molar-refractivity contribution is -0.140. The van der Waals surface area contributed by atoms with E-state index >= 15 is 0 Å². The summed E-state index contributed by atoms with van der Waals surface area (Å²) in [6, 6.07) is -2.39. The molecule has 0 aliphatic rings. The van der Waals surface area contributed by atoms with Crippen LogP contribution in [0.15, 0.2) is 0 Å². The van der Waals surface area contributed by atoms with E-state index in [2.05, 4.69) is 15.4 Å². The van der Waals surface area contributed by atoms with Gasteiger partial charge in [0.2, 0.25) is 0 Å². The molecule has 0 bridgehead atoms. The summed E-state index contributed by atoms with van der Waals surface area (Å²) < 4.78 is 4.35. The summed E-state index contributed by atoms with van der Waals surface area (Å²) in [5, 5.41) is 22.1. The fourth-order valence-corrected chi connectivity index (χ4v) is 1.81. The molecule has 0 aromatic heterocycles. The third-order valence-electron chi connectivity index (χ3n) is 2.78. The maximum Gasteiger partial charge on any atom is 0.416 e. The molecule has 0 aliphatic heterocycles. The highest BCUT2D eigenvalue weighted by Crippen LogP contribution is 2.06. The Morgan fingerprint density at radius 2 is 1.09 bits per heavy atom. The van der Waals surface area contributed by atoms with Gasteiger partial charge in [0.1, 0.15) is 12.1 Å². The molecule has 4 N–H and O–H groups in total. The molecular formula is C14H24N2O7. The minimum atomic E-state index is -1.25. The van der Waals surface area contributed by atoms with Crippen molar-refractivity contribution in [3.05, 3.63) is 0 Å². The van der Waals surface area contributed by atoms with Crippen molar-refractivity contribution in [2.75, 3.05) is 0 Å². The highest BCUT2D eigenvalue weighted by Gasteiger charge is 2.26. The van der Waals surface area contributed by atoms with E-state index in [9.17, 15) is 19.2 Å². The van der Waals surface area contributed by atoms with Crippen molar-refractivity contribution in [3.8, 4) is 0 Å². The van der Waals surface area contributed by atoms with E-state index in [0.717, 1.165) is 0 Å². The van der Waals surface area contributed by atoms with Crippen LogP contribution in [0.2, 0.25) is 0 Å². The minimum Gasteiger partial charge on any atom is -0.480 e. The van der Waals surface area contributed by atoms with Crippen LogP contribution in [0.1, 0.15) is 40.5 Å². The highest BCUT2D eigenvalue weighted by atomic mass is 16.6. The quantitative estimate of drug-likeness (QED) is 0.492. The second-order valence-electron chi connectivity index (χ2n) is 6.01. The number of carboxylic acid groups (broad SMARTS) is 2. The Morgan fingerprint density at radius 1 is 0.783 bits per heavy atom. The molecule has 0 aliphatic carbocycles. The maximum atomic E-state index is 11.5. The molecule has 2 atom stereocenters. The molecule has 0 aromatic carbocycles. The van der Waals surface area contributed by atoms with Crippen LogP contribution in [0.3, 0.4) is 0 Å². The Hall–Kier alpha value is -2.32. The zero-order valence-corrected chi connectivity index (χ0v) is 13.7. The predicted octanol–water partition coefficient (Wildman–Crippen LogP) is 1.42. The number of aliphatic carboxylic acids is 2. The molecule has 0 saturated carbocycles. The summed E-state index contributed by atoms with van der Waals surface area (Å²) in [6.45, 7) is 7.11. The number of alkyl carbamates (subject to hydrolysis) is 2. The fourth-order valence-electron chi connectivity index (χ4n) is 1.81. The monoisotopic (exact) mass is 332 g/mol. The van der Waals surface area contributed by atoms with E-state index in [0.29, 0.717) is 0 Å². The van der Waals surface area contributed by atoms with Crippen LogP contribution in [0.5, 0.6) is 0 Å². The third kappa shape index (κ3) is 9.33. The molecule has 0 rings (SSSR count). The average Bonchev–Trinajstić information content (AvgIpc) is 2.35. The minimum absolute atomic E-state index is 0.00709.